The number of hydrogen-bond acceptors (Lipinski definition) is 6. The number of rotatable bonds is 4. The molecule has 0 fully saturated rings. The molecule has 0 atom stereocenters. The molecule has 1 aliphatic heterocycles. The van der Waals surface area contributed by atoms with Crippen LogP contribution in [0.15, 0.2) is 47.0 Å². The Kier molecular flexibility index (Phi) is 4.22. The van der Waals surface area contributed by atoms with Gasteiger partial charge in [0.2, 0.25) is 11.7 Å². The summed E-state index contributed by atoms with van der Waals surface area (Å²) in [5, 5.41) is 4.49. The predicted octanol–water partition coefficient (Wildman–Crippen LogP) is 3.32. The Labute approximate surface area is 154 Å². The molecule has 8 heteroatoms. The molecule has 0 N–H and O–H groups in total. The molecule has 3 aromatic rings. The molecule has 132 valence electrons. The molecule has 0 saturated heterocycles. The fraction of sp³-hybridized carbons (Fsp3) is 0.167. The highest BCUT2D eigenvalue weighted by molar-refractivity contribution is 6.31. The van der Waals surface area contributed by atoms with Gasteiger partial charge in [0, 0.05) is 10.6 Å². The van der Waals surface area contributed by atoms with E-state index in [9.17, 15) is 4.79 Å². The van der Waals surface area contributed by atoms with Crippen molar-refractivity contribution in [3.05, 3.63) is 53.4 Å². The zero-order valence-corrected chi connectivity index (χ0v) is 14.6. The summed E-state index contributed by atoms with van der Waals surface area (Å²) in [6, 6.07) is 12.4. The van der Waals surface area contributed by atoms with Crippen LogP contribution < -0.4 is 14.4 Å². The first-order chi connectivity index (χ1) is 12.6. The summed E-state index contributed by atoms with van der Waals surface area (Å²) in [4.78, 5) is 18.2. The van der Waals surface area contributed by atoms with Crippen LogP contribution in [0.4, 0.5) is 5.69 Å². The molecule has 0 radical (unpaired) electrons. The van der Waals surface area contributed by atoms with Crippen LogP contribution in [0.25, 0.3) is 11.4 Å². The van der Waals surface area contributed by atoms with Gasteiger partial charge >= 0.3 is 0 Å². The summed E-state index contributed by atoms with van der Waals surface area (Å²) in [5.41, 5.74) is 1.37. The highest BCUT2D eigenvalue weighted by Gasteiger charge is 2.27. The van der Waals surface area contributed by atoms with E-state index < -0.39 is 0 Å². The van der Waals surface area contributed by atoms with Crippen molar-refractivity contribution in [2.24, 2.45) is 0 Å². The molecule has 26 heavy (non-hydrogen) atoms. The second kappa shape index (κ2) is 6.68. The van der Waals surface area contributed by atoms with E-state index in [0.717, 1.165) is 11.3 Å². The SMILES string of the molecule is COc1ccc(-c2noc(CN3C(=O)COc4ccc(Cl)cc43)n2)cc1. The number of carbonyl (C=O) groups excluding carboxylic acids is 1. The van der Waals surface area contributed by atoms with Crippen molar-refractivity contribution < 1.29 is 18.8 Å². The van der Waals surface area contributed by atoms with Crippen LogP contribution >= 0.6 is 11.6 Å². The summed E-state index contributed by atoms with van der Waals surface area (Å²) < 4.78 is 15.9. The average molecular weight is 372 g/mol. The molecule has 0 bridgehead atoms. The van der Waals surface area contributed by atoms with Gasteiger partial charge in [-0.15, -0.1) is 0 Å². The van der Waals surface area contributed by atoms with E-state index in [2.05, 4.69) is 10.1 Å². The van der Waals surface area contributed by atoms with Crippen molar-refractivity contribution in [2.45, 2.75) is 6.54 Å². The largest absolute Gasteiger partial charge is 0.497 e. The quantitative estimate of drug-likeness (QED) is 0.700. The van der Waals surface area contributed by atoms with Gasteiger partial charge in [-0.3, -0.25) is 9.69 Å². The van der Waals surface area contributed by atoms with E-state index >= 15 is 0 Å². The lowest BCUT2D eigenvalue weighted by atomic mass is 10.2. The summed E-state index contributed by atoms with van der Waals surface area (Å²) in [6.45, 7) is 0.0901. The third-order valence-electron chi connectivity index (χ3n) is 3.97. The van der Waals surface area contributed by atoms with Gasteiger partial charge in [-0.25, -0.2) is 0 Å². The molecular weight excluding hydrogens is 358 g/mol. The highest BCUT2D eigenvalue weighted by atomic mass is 35.5. The fourth-order valence-corrected chi connectivity index (χ4v) is 2.83. The molecular formula is C18H14ClN3O4. The van der Waals surface area contributed by atoms with E-state index in [0.29, 0.717) is 28.2 Å². The third-order valence-corrected chi connectivity index (χ3v) is 4.21. The summed E-state index contributed by atoms with van der Waals surface area (Å²) in [7, 11) is 1.60. The number of fused-ring (bicyclic) bond motifs is 1. The molecule has 4 rings (SSSR count). The number of benzene rings is 2. The van der Waals surface area contributed by atoms with Gasteiger partial charge in [0.25, 0.3) is 5.91 Å². The molecule has 1 aliphatic rings. The Morgan fingerprint density at radius 1 is 1.23 bits per heavy atom. The number of halogens is 1. The van der Waals surface area contributed by atoms with Crippen molar-refractivity contribution >= 4 is 23.2 Å². The second-order valence-electron chi connectivity index (χ2n) is 5.62. The van der Waals surface area contributed by atoms with Crippen LogP contribution in [0.3, 0.4) is 0 Å². The van der Waals surface area contributed by atoms with Gasteiger partial charge < -0.3 is 14.0 Å². The Hall–Kier alpha value is -3.06. The van der Waals surface area contributed by atoms with E-state index in [4.69, 9.17) is 25.6 Å². The maximum atomic E-state index is 12.3. The molecule has 1 amide bonds. The lowest BCUT2D eigenvalue weighted by Crippen LogP contribution is -2.38. The van der Waals surface area contributed by atoms with Gasteiger partial charge in [-0.1, -0.05) is 16.8 Å². The topological polar surface area (TPSA) is 77.7 Å². The summed E-state index contributed by atoms with van der Waals surface area (Å²) in [5.74, 6) is 1.88. The summed E-state index contributed by atoms with van der Waals surface area (Å²) >= 11 is 6.05. The number of hydrogen-bond donors (Lipinski definition) is 0. The molecule has 7 nitrogen and oxygen atoms in total. The minimum absolute atomic E-state index is 0.0475. The maximum Gasteiger partial charge on any atom is 0.265 e. The molecule has 0 saturated carbocycles. The minimum atomic E-state index is -0.205. The van der Waals surface area contributed by atoms with Gasteiger partial charge in [0.1, 0.15) is 18.0 Å². The molecule has 0 aliphatic carbocycles. The smallest absolute Gasteiger partial charge is 0.265 e. The first-order valence-corrected chi connectivity index (χ1v) is 8.21. The number of amides is 1. The maximum absolute atomic E-state index is 12.3. The lowest BCUT2D eigenvalue weighted by Gasteiger charge is -2.28. The molecule has 0 spiro atoms. The minimum Gasteiger partial charge on any atom is -0.497 e. The van der Waals surface area contributed by atoms with Gasteiger partial charge in [-0.05, 0) is 42.5 Å². The van der Waals surface area contributed by atoms with Crippen molar-refractivity contribution in [3.8, 4) is 22.9 Å². The Morgan fingerprint density at radius 2 is 2.04 bits per heavy atom. The molecule has 2 aromatic carbocycles. The number of carbonyl (C=O) groups is 1. The Morgan fingerprint density at radius 3 is 2.81 bits per heavy atom. The zero-order valence-electron chi connectivity index (χ0n) is 13.8. The Balaban J connectivity index is 1.59. The Bertz CT molecular complexity index is 955. The number of anilines is 1. The van der Waals surface area contributed by atoms with E-state index in [1.165, 1.54) is 4.90 Å². The van der Waals surface area contributed by atoms with E-state index in [1.54, 1.807) is 25.3 Å². The van der Waals surface area contributed by atoms with E-state index in [-0.39, 0.29) is 19.1 Å². The van der Waals surface area contributed by atoms with Crippen molar-refractivity contribution in [1.29, 1.82) is 0 Å². The van der Waals surface area contributed by atoms with Crippen molar-refractivity contribution in [2.75, 3.05) is 18.6 Å². The van der Waals surface area contributed by atoms with Crippen molar-refractivity contribution in [3.63, 3.8) is 0 Å². The normalized spacial score (nSPS) is 13.3. The number of aromatic nitrogens is 2. The van der Waals surface area contributed by atoms with Gasteiger partial charge in [-0.2, -0.15) is 4.98 Å². The average Bonchev–Trinajstić information content (AvgIpc) is 3.13. The van der Waals surface area contributed by atoms with Crippen LogP contribution in [0, 0.1) is 0 Å². The fourth-order valence-electron chi connectivity index (χ4n) is 2.66. The van der Waals surface area contributed by atoms with Gasteiger partial charge in [0.15, 0.2) is 6.61 Å². The zero-order chi connectivity index (χ0) is 18.1. The predicted molar refractivity (Wildman–Crippen MR) is 94.4 cm³/mol. The van der Waals surface area contributed by atoms with Crippen LogP contribution in [-0.4, -0.2) is 29.8 Å². The first kappa shape index (κ1) is 16.4. The number of ether oxygens (including phenoxy) is 2. The molecule has 1 aromatic heterocycles. The standard InChI is InChI=1S/C18H14ClN3O4/c1-24-13-5-2-11(3-6-13)18-20-16(26-21-18)9-22-14-8-12(19)4-7-15(14)25-10-17(22)23/h2-8H,9-10H2,1H3. The lowest BCUT2D eigenvalue weighted by molar-refractivity contribution is -0.121. The van der Waals surface area contributed by atoms with E-state index in [1.807, 2.05) is 24.3 Å². The summed E-state index contributed by atoms with van der Waals surface area (Å²) in [6.07, 6.45) is 0. The monoisotopic (exact) mass is 371 g/mol. The van der Waals surface area contributed by atoms with Crippen LogP contribution in [-0.2, 0) is 11.3 Å². The van der Waals surface area contributed by atoms with Gasteiger partial charge in [0.05, 0.1) is 12.8 Å². The first-order valence-electron chi connectivity index (χ1n) is 7.84. The highest BCUT2D eigenvalue weighted by Crippen LogP contribution is 2.35. The van der Waals surface area contributed by atoms with Crippen LogP contribution in [0.1, 0.15) is 5.89 Å². The number of methoxy groups -OCH3 is 1. The molecule has 0 unspecified atom stereocenters. The van der Waals surface area contributed by atoms with Crippen LogP contribution in [0.5, 0.6) is 11.5 Å². The number of nitrogens with zero attached hydrogens (tertiary/aromatic N) is 3. The van der Waals surface area contributed by atoms with Crippen molar-refractivity contribution in [1.82, 2.24) is 10.1 Å². The van der Waals surface area contributed by atoms with Crippen LogP contribution in [0.2, 0.25) is 5.02 Å². The molecule has 2 heterocycles. The second-order valence-corrected chi connectivity index (χ2v) is 6.06. The third kappa shape index (κ3) is 3.09.